The van der Waals surface area contributed by atoms with Crippen LogP contribution in [0.25, 0.3) is 0 Å². The number of allylic oxidation sites excluding steroid dienone is 1. The largest absolute Gasteiger partial charge is 0.449 e. The van der Waals surface area contributed by atoms with Gasteiger partial charge in [-0.1, -0.05) is 17.7 Å². The SMILES string of the molecule is C=S1(=O)CCCN1c1ccc(C)c(CNc2cc(Cl)cc(O/C(C=[NH2+])=C/N)c2)c1. The second kappa shape index (κ2) is 8.80. The zero-order valence-electron chi connectivity index (χ0n) is 16.4. The van der Waals surface area contributed by atoms with Gasteiger partial charge >= 0.3 is 0 Å². The molecule has 0 spiro atoms. The highest BCUT2D eigenvalue weighted by Crippen LogP contribution is 2.28. The van der Waals surface area contributed by atoms with Crippen molar-refractivity contribution in [3.8, 4) is 5.75 Å². The molecule has 0 bridgehead atoms. The Morgan fingerprint density at radius 3 is 2.86 bits per heavy atom. The van der Waals surface area contributed by atoms with Crippen molar-refractivity contribution in [1.29, 1.82) is 0 Å². The highest BCUT2D eigenvalue weighted by Gasteiger charge is 2.23. The maximum Gasteiger partial charge on any atom is 0.205 e. The average molecular weight is 434 g/mol. The van der Waals surface area contributed by atoms with E-state index < -0.39 is 9.71 Å². The summed E-state index contributed by atoms with van der Waals surface area (Å²) >= 11 is 6.22. The number of anilines is 2. The van der Waals surface area contributed by atoms with Crippen molar-refractivity contribution in [2.45, 2.75) is 19.9 Å². The van der Waals surface area contributed by atoms with Crippen molar-refractivity contribution in [3.63, 3.8) is 0 Å². The van der Waals surface area contributed by atoms with E-state index in [1.54, 1.807) is 6.07 Å². The number of rotatable bonds is 7. The van der Waals surface area contributed by atoms with Crippen molar-refractivity contribution in [1.82, 2.24) is 0 Å². The molecule has 1 fully saturated rings. The fraction of sp³-hybridized carbons (Fsp3) is 0.238. The van der Waals surface area contributed by atoms with Crippen LogP contribution in [-0.4, -0.2) is 28.6 Å². The standard InChI is InChI=1S/C21H25ClN4O2S/c1-15-4-5-19(26-6-3-7-29(26,2)27)8-16(15)14-25-18-9-17(22)10-20(11-18)28-21(12-23)13-24/h4-5,8-13,23,25H,2-3,6-7,14,24H2,1H3/p+1/b21-13+,23-12?. The Morgan fingerprint density at radius 2 is 2.21 bits per heavy atom. The molecule has 1 saturated heterocycles. The maximum absolute atomic E-state index is 12.7. The number of hydrogen-bond acceptors (Lipinski definition) is 4. The Labute approximate surface area is 177 Å². The zero-order valence-corrected chi connectivity index (χ0v) is 17.9. The fourth-order valence-corrected chi connectivity index (χ4v) is 5.20. The van der Waals surface area contributed by atoms with Crippen LogP contribution in [0.2, 0.25) is 5.02 Å². The quantitative estimate of drug-likeness (QED) is 0.354. The van der Waals surface area contributed by atoms with Crippen LogP contribution in [0.4, 0.5) is 11.4 Å². The minimum Gasteiger partial charge on any atom is -0.449 e. The first-order valence-corrected chi connectivity index (χ1v) is 11.5. The third-order valence-electron chi connectivity index (χ3n) is 4.77. The molecule has 154 valence electrons. The lowest BCUT2D eigenvalue weighted by Crippen LogP contribution is -2.32. The Morgan fingerprint density at radius 1 is 1.41 bits per heavy atom. The Kier molecular flexibility index (Phi) is 6.39. The van der Waals surface area contributed by atoms with E-state index in [0.29, 0.717) is 28.8 Å². The smallest absolute Gasteiger partial charge is 0.205 e. The van der Waals surface area contributed by atoms with Crippen molar-refractivity contribution >= 4 is 44.8 Å². The van der Waals surface area contributed by atoms with E-state index in [2.05, 4.69) is 17.3 Å². The first-order chi connectivity index (χ1) is 13.8. The third kappa shape index (κ3) is 5.05. The van der Waals surface area contributed by atoms with Crippen molar-refractivity contribution < 1.29 is 14.4 Å². The van der Waals surface area contributed by atoms with Crippen LogP contribution >= 0.6 is 11.6 Å². The first-order valence-electron chi connectivity index (χ1n) is 9.23. The molecule has 6 nitrogen and oxygen atoms in total. The number of aryl methyl sites for hydroxylation is 1. The molecule has 1 aliphatic heterocycles. The molecule has 0 aromatic heterocycles. The van der Waals surface area contributed by atoms with Gasteiger partial charge in [-0.15, -0.1) is 0 Å². The van der Waals surface area contributed by atoms with Gasteiger partial charge in [-0.05, 0) is 54.6 Å². The highest BCUT2D eigenvalue weighted by atomic mass is 35.5. The van der Waals surface area contributed by atoms with Gasteiger partial charge in [0, 0.05) is 57.2 Å². The van der Waals surface area contributed by atoms with E-state index in [0.717, 1.165) is 35.5 Å². The van der Waals surface area contributed by atoms with Crippen LogP contribution < -0.4 is 25.5 Å². The summed E-state index contributed by atoms with van der Waals surface area (Å²) in [5, 5.41) is 9.36. The molecule has 8 heteroatoms. The minimum atomic E-state index is -2.21. The van der Waals surface area contributed by atoms with Crippen molar-refractivity contribution in [3.05, 3.63) is 64.5 Å². The fourth-order valence-electron chi connectivity index (χ4n) is 3.22. The summed E-state index contributed by atoms with van der Waals surface area (Å²) in [5.41, 5.74) is 9.45. The molecule has 5 N–H and O–H groups in total. The molecule has 1 atom stereocenters. The van der Waals surface area contributed by atoms with Gasteiger partial charge in [-0.25, -0.2) is 4.21 Å². The van der Waals surface area contributed by atoms with Gasteiger partial charge in [0.1, 0.15) is 5.75 Å². The van der Waals surface area contributed by atoms with Crippen LogP contribution in [0.3, 0.4) is 0 Å². The molecule has 2 aromatic carbocycles. The van der Waals surface area contributed by atoms with Crippen LogP contribution in [0.1, 0.15) is 17.5 Å². The molecule has 2 aromatic rings. The van der Waals surface area contributed by atoms with E-state index in [4.69, 9.17) is 27.5 Å². The number of benzene rings is 2. The van der Waals surface area contributed by atoms with Gasteiger partial charge in [-0.3, -0.25) is 9.71 Å². The summed E-state index contributed by atoms with van der Waals surface area (Å²) in [5.74, 6) is 5.42. The third-order valence-corrected chi connectivity index (χ3v) is 7.11. The summed E-state index contributed by atoms with van der Waals surface area (Å²) < 4.78 is 20.2. The lowest BCUT2D eigenvalue weighted by Gasteiger charge is -2.22. The second-order valence-electron chi connectivity index (χ2n) is 6.91. The molecule has 1 aliphatic rings. The second-order valence-corrected chi connectivity index (χ2v) is 9.74. The van der Waals surface area contributed by atoms with Gasteiger partial charge in [0.2, 0.25) is 12.0 Å². The van der Waals surface area contributed by atoms with E-state index in [-0.39, 0.29) is 0 Å². The Balaban J connectivity index is 1.78. The number of nitrogens with zero attached hydrogens (tertiary/aromatic N) is 1. The van der Waals surface area contributed by atoms with E-state index >= 15 is 0 Å². The van der Waals surface area contributed by atoms with Crippen LogP contribution in [0.5, 0.6) is 5.75 Å². The van der Waals surface area contributed by atoms with E-state index in [1.165, 1.54) is 12.4 Å². The number of hydrogen-bond donors (Lipinski definition) is 3. The molecule has 0 radical (unpaired) electrons. The summed E-state index contributed by atoms with van der Waals surface area (Å²) in [6.07, 6.45) is 3.46. The van der Waals surface area contributed by atoms with Crippen molar-refractivity contribution in [2.75, 3.05) is 21.9 Å². The molecule has 0 amide bonds. The number of nitrogens with two attached hydrogens (primary N) is 2. The van der Waals surface area contributed by atoms with Gasteiger partial charge in [0.05, 0.1) is 0 Å². The van der Waals surface area contributed by atoms with Gasteiger partial charge in [0.15, 0.2) is 0 Å². The summed E-state index contributed by atoms with van der Waals surface area (Å²) in [6, 6.07) is 11.4. The zero-order chi connectivity index (χ0) is 21.0. The Hall–Kier alpha value is -2.64. The number of halogens is 1. The molecule has 0 aliphatic carbocycles. The topological polar surface area (TPSA) is 93.2 Å². The lowest BCUT2D eigenvalue weighted by molar-refractivity contribution is -0.106. The monoisotopic (exact) mass is 433 g/mol. The van der Waals surface area contributed by atoms with Crippen LogP contribution in [0.15, 0.2) is 48.4 Å². The normalized spacial score (nSPS) is 19.2. The molecule has 1 heterocycles. The molecular formula is C21H26ClN4O2S+. The van der Waals surface area contributed by atoms with E-state index in [1.807, 2.05) is 35.5 Å². The first kappa shape index (κ1) is 21.1. The molecular weight excluding hydrogens is 408 g/mol. The average Bonchev–Trinajstić information content (AvgIpc) is 3.04. The predicted molar refractivity (Wildman–Crippen MR) is 123 cm³/mol. The number of nitrogens with one attached hydrogen (secondary N) is 1. The van der Waals surface area contributed by atoms with Gasteiger partial charge < -0.3 is 15.8 Å². The van der Waals surface area contributed by atoms with Crippen LogP contribution in [-0.2, 0) is 16.3 Å². The predicted octanol–water partition coefficient (Wildman–Crippen LogP) is 2.11. The highest BCUT2D eigenvalue weighted by molar-refractivity contribution is 8.01. The lowest BCUT2D eigenvalue weighted by atomic mass is 10.1. The molecule has 3 rings (SSSR count). The molecule has 29 heavy (non-hydrogen) atoms. The molecule has 0 saturated carbocycles. The van der Waals surface area contributed by atoms with E-state index in [9.17, 15) is 4.21 Å². The Bertz CT molecular complexity index is 1050. The van der Waals surface area contributed by atoms with Crippen LogP contribution in [0, 0.1) is 6.92 Å². The maximum atomic E-state index is 12.7. The number of ether oxygens (including phenoxy) is 1. The van der Waals surface area contributed by atoms with Gasteiger partial charge in [-0.2, -0.15) is 0 Å². The molecule has 1 unspecified atom stereocenters. The minimum absolute atomic E-state index is 0.337. The van der Waals surface area contributed by atoms with Gasteiger partial charge in [0.25, 0.3) is 0 Å². The summed E-state index contributed by atoms with van der Waals surface area (Å²) in [6.45, 7) is 3.39. The summed E-state index contributed by atoms with van der Waals surface area (Å²) in [7, 11) is -2.21. The summed E-state index contributed by atoms with van der Waals surface area (Å²) in [4.78, 5) is 0. The van der Waals surface area contributed by atoms with Crippen molar-refractivity contribution in [2.24, 2.45) is 5.73 Å².